The van der Waals surface area contributed by atoms with Gasteiger partial charge in [-0.2, -0.15) is 0 Å². The molecule has 0 N–H and O–H groups in total. The fraction of sp³-hybridized carbons (Fsp3) is 0.562. The van der Waals surface area contributed by atoms with E-state index in [1.165, 1.54) is 18.2 Å². The molecule has 0 unspecified atom stereocenters. The Labute approximate surface area is 121 Å². The van der Waals surface area contributed by atoms with E-state index in [-0.39, 0.29) is 5.97 Å². The first-order valence-corrected chi connectivity index (χ1v) is 7.25. The molecular weight excluding hydrogens is 252 g/mol. The first kappa shape index (κ1) is 15.0. The first-order valence-electron chi connectivity index (χ1n) is 7.25. The number of carbonyl (C=O) groups is 1. The second-order valence-electron chi connectivity index (χ2n) is 5.37. The highest BCUT2D eigenvalue weighted by Gasteiger charge is 2.17. The number of hydrogen-bond acceptors (Lipinski definition) is 4. The molecule has 0 aromatic heterocycles. The predicted octanol–water partition coefficient (Wildman–Crippen LogP) is 1.68. The number of piperazine rings is 1. The molecule has 0 saturated carbocycles. The topological polar surface area (TPSA) is 32.8 Å². The van der Waals surface area contributed by atoms with Crippen molar-refractivity contribution < 1.29 is 9.53 Å². The summed E-state index contributed by atoms with van der Waals surface area (Å²) in [6.45, 7) is 8.20. The van der Waals surface area contributed by atoms with Gasteiger partial charge in [-0.15, -0.1) is 0 Å². The van der Waals surface area contributed by atoms with E-state index in [4.69, 9.17) is 0 Å². The third-order valence-electron chi connectivity index (χ3n) is 3.98. The van der Waals surface area contributed by atoms with Crippen molar-refractivity contribution in [2.24, 2.45) is 0 Å². The molecule has 4 nitrogen and oxygen atoms in total. The van der Waals surface area contributed by atoms with Crippen LogP contribution in [0.25, 0.3) is 0 Å². The molecule has 0 radical (unpaired) electrons. The summed E-state index contributed by atoms with van der Waals surface area (Å²) >= 11 is 0. The molecule has 1 aliphatic heterocycles. The summed E-state index contributed by atoms with van der Waals surface area (Å²) in [6.07, 6.45) is 0.494. The molecule has 20 heavy (non-hydrogen) atoms. The van der Waals surface area contributed by atoms with E-state index in [0.717, 1.165) is 39.3 Å². The van der Waals surface area contributed by atoms with E-state index in [1.54, 1.807) is 0 Å². The molecule has 0 bridgehead atoms. The summed E-state index contributed by atoms with van der Waals surface area (Å²) < 4.78 is 4.68. The van der Waals surface area contributed by atoms with Crippen LogP contribution in [0.2, 0.25) is 0 Å². The average molecular weight is 276 g/mol. The van der Waals surface area contributed by atoms with Crippen molar-refractivity contribution in [1.82, 2.24) is 9.80 Å². The lowest BCUT2D eigenvalue weighted by molar-refractivity contribution is -0.141. The number of esters is 1. The lowest BCUT2D eigenvalue weighted by Gasteiger charge is -2.34. The maximum Gasteiger partial charge on any atom is 0.306 e. The van der Waals surface area contributed by atoms with Gasteiger partial charge in [0.1, 0.15) is 0 Å². The van der Waals surface area contributed by atoms with Crippen LogP contribution < -0.4 is 0 Å². The van der Waals surface area contributed by atoms with E-state index in [1.807, 2.05) is 0 Å². The van der Waals surface area contributed by atoms with Crippen molar-refractivity contribution in [3.63, 3.8) is 0 Å². The Kier molecular flexibility index (Phi) is 5.56. The fourth-order valence-electron chi connectivity index (χ4n) is 2.55. The van der Waals surface area contributed by atoms with Crippen LogP contribution in [0.1, 0.15) is 17.5 Å². The van der Waals surface area contributed by atoms with Crippen molar-refractivity contribution in [1.29, 1.82) is 0 Å². The standard InChI is InChI=1S/C16H24N2O2/c1-14-5-3-4-6-15(14)13-18-11-9-17(10-12-18)8-7-16(19)20-2/h3-6H,7-13H2,1-2H3. The zero-order valence-corrected chi connectivity index (χ0v) is 12.5. The second kappa shape index (κ2) is 7.41. The number of carbonyl (C=O) groups excluding carboxylic acids is 1. The Balaban J connectivity index is 1.74. The van der Waals surface area contributed by atoms with E-state index in [9.17, 15) is 4.79 Å². The van der Waals surface area contributed by atoms with E-state index >= 15 is 0 Å². The van der Waals surface area contributed by atoms with Crippen molar-refractivity contribution in [2.45, 2.75) is 19.9 Å². The van der Waals surface area contributed by atoms with Gasteiger partial charge in [0.25, 0.3) is 0 Å². The Morgan fingerprint density at radius 1 is 1.15 bits per heavy atom. The summed E-state index contributed by atoms with van der Waals surface area (Å²) in [5.41, 5.74) is 2.77. The van der Waals surface area contributed by atoms with Crippen LogP contribution in [0.3, 0.4) is 0 Å². The molecule has 4 heteroatoms. The van der Waals surface area contributed by atoms with E-state index in [2.05, 4.69) is 45.7 Å². The van der Waals surface area contributed by atoms with E-state index in [0.29, 0.717) is 6.42 Å². The van der Waals surface area contributed by atoms with Crippen LogP contribution in [0, 0.1) is 6.92 Å². The summed E-state index contributed by atoms with van der Waals surface area (Å²) in [7, 11) is 1.45. The van der Waals surface area contributed by atoms with Gasteiger partial charge in [0, 0.05) is 39.3 Å². The molecule has 1 aromatic carbocycles. The molecule has 1 fully saturated rings. The molecule has 0 spiro atoms. The van der Waals surface area contributed by atoms with Gasteiger partial charge < -0.3 is 9.64 Å². The van der Waals surface area contributed by atoms with Gasteiger partial charge in [-0.3, -0.25) is 9.69 Å². The lowest BCUT2D eigenvalue weighted by Crippen LogP contribution is -2.46. The highest BCUT2D eigenvalue weighted by Crippen LogP contribution is 2.12. The summed E-state index contributed by atoms with van der Waals surface area (Å²) in [5.74, 6) is -0.118. The molecule has 1 aliphatic rings. The molecule has 0 atom stereocenters. The van der Waals surface area contributed by atoms with E-state index < -0.39 is 0 Å². The largest absolute Gasteiger partial charge is 0.469 e. The highest BCUT2D eigenvalue weighted by molar-refractivity contribution is 5.69. The monoisotopic (exact) mass is 276 g/mol. The minimum absolute atomic E-state index is 0.118. The van der Waals surface area contributed by atoms with Crippen LogP contribution in [0.4, 0.5) is 0 Å². The number of rotatable bonds is 5. The minimum atomic E-state index is -0.118. The van der Waals surface area contributed by atoms with Crippen molar-refractivity contribution in [3.05, 3.63) is 35.4 Å². The van der Waals surface area contributed by atoms with Gasteiger partial charge in [-0.1, -0.05) is 24.3 Å². The Morgan fingerprint density at radius 3 is 2.45 bits per heavy atom. The third kappa shape index (κ3) is 4.32. The van der Waals surface area contributed by atoms with Gasteiger partial charge in [0.15, 0.2) is 0 Å². The predicted molar refractivity (Wildman–Crippen MR) is 79.5 cm³/mol. The van der Waals surface area contributed by atoms with Gasteiger partial charge in [0.05, 0.1) is 13.5 Å². The average Bonchev–Trinajstić information content (AvgIpc) is 2.48. The Bertz CT molecular complexity index is 440. The Hall–Kier alpha value is -1.39. The molecule has 2 rings (SSSR count). The maximum absolute atomic E-state index is 11.1. The zero-order chi connectivity index (χ0) is 14.4. The molecule has 0 amide bonds. The van der Waals surface area contributed by atoms with Crippen molar-refractivity contribution in [2.75, 3.05) is 39.8 Å². The van der Waals surface area contributed by atoms with Gasteiger partial charge in [-0.05, 0) is 18.1 Å². The number of ether oxygens (including phenoxy) is 1. The van der Waals surface area contributed by atoms with Gasteiger partial charge in [0.2, 0.25) is 0 Å². The van der Waals surface area contributed by atoms with Gasteiger partial charge >= 0.3 is 5.97 Å². The van der Waals surface area contributed by atoms with Crippen LogP contribution in [0.5, 0.6) is 0 Å². The number of benzene rings is 1. The lowest BCUT2D eigenvalue weighted by atomic mass is 10.1. The number of methoxy groups -OCH3 is 1. The van der Waals surface area contributed by atoms with Crippen LogP contribution in [-0.2, 0) is 16.1 Å². The molecule has 0 aliphatic carbocycles. The second-order valence-corrected chi connectivity index (χ2v) is 5.37. The van der Waals surface area contributed by atoms with Crippen molar-refractivity contribution >= 4 is 5.97 Å². The molecule has 1 aromatic rings. The number of aryl methyl sites for hydroxylation is 1. The number of hydrogen-bond donors (Lipinski definition) is 0. The van der Waals surface area contributed by atoms with Crippen LogP contribution in [0.15, 0.2) is 24.3 Å². The smallest absolute Gasteiger partial charge is 0.306 e. The summed E-state index contributed by atoms with van der Waals surface area (Å²) in [5, 5.41) is 0. The first-order chi connectivity index (χ1) is 9.69. The molecular formula is C16H24N2O2. The SMILES string of the molecule is COC(=O)CCN1CCN(Cc2ccccc2C)CC1. The molecule has 110 valence electrons. The normalized spacial score (nSPS) is 17.1. The zero-order valence-electron chi connectivity index (χ0n) is 12.5. The van der Waals surface area contributed by atoms with Crippen LogP contribution in [-0.4, -0.2) is 55.6 Å². The number of nitrogens with zero attached hydrogens (tertiary/aromatic N) is 2. The minimum Gasteiger partial charge on any atom is -0.469 e. The quantitative estimate of drug-likeness (QED) is 0.766. The Morgan fingerprint density at radius 2 is 1.80 bits per heavy atom. The fourth-order valence-corrected chi connectivity index (χ4v) is 2.55. The highest BCUT2D eigenvalue weighted by atomic mass is 16.5. The summed E-state index contributed by atoms with van der Waals surface area (Å²) in [6, 6.07) is 8.57. The van der Waals surface area contributed by atoms with Crippen LogP contribution >= 0.6 is 0 Å². The van der Waals surface area contributed by atoms with Gasteiger partial charge in [-0.25, -0.2) is 0 Å². The van der Waals surface area contributed by atoms with Crippen molar-refractivity contribution in [3.8, 4) is 0 Å². The summed E-state index contributed by atoms with van der Waals surface area (Å²) in [4.78, 5) is 16.0. The molecule has 1 heterocycles. The molecule has 1 saturated heterocycles. The third-order valence-corrected chi connectivity index (χ3v) is 3.98. The maximum atomic E-state index is 11.1.